The van der Waals surface area contributed by atoms with Gasteiger partial charge in [0.05, 0.1) is 0 Å². The molecule has 0 bridgehead atoms. The van der Waals surface area contributed by atoms with Crippen molar-refractivity contribution in [2.75, 3.05) is 0 Å². The van der Waals surface area contributed by atoms with E-state index in [2.05, 4.69) is 189 Å². The lowest BCUT2D eigenvalue weighted by Crippen LogP contribution is -2.34. The van der Waals surface area contributed by atoms with Gasteiger partial charge < -0.3 is 0 Å². The SMILES string of the molecule is C=c1c(-c2ccc3c(c2)CCC=C3)c2cc3c(cc2c(-c2ccc4ccccc4c2)/c1=C/C=C(\C)c1cc2ccccc2c2ccccc12)-c1ccccc1[SiH]3C. The topological polar surface area (TPSA) is 0 Å². The molecule has 11 rings (SSSR count). The highest BCUT2D eigenvalue weighted by molar-refractivity contribution is 6.88. The highest BCUT2D eigenvalue weighted by Gasteiger charge is 2.28. The number of benzene rings is 9. The Morgan fingerprint density at radius 2 is 1.28 bits per heavy atom. The molecule has 270 valence electrons. The van der Waals surface area contributed by atoms with Crippen LogP contribution in [-0.2, 0) is 6.42 Å². The molecular weight excluding hydrogens is 701 g/mol. The Morgan fingerprint density at radius 1 is 0.579 bits per heavy atom. The summed E-state index contributed by atoms with van der Waals surface area (Å²) in [6.45, 7) is 9.81. The van der Waals surface area contributed by atoms with E-state index in [1.165, 1.54) is 109 Å². The highest BCUT2D eigenvalue weighted by Crippen LogP contribution is 2.38. The Hall–Kier alpha value is -6.54. The summed E-state index contributed by atoms with van der Waals surface area (Å²) in [6.07, 6.45) is 11.4. The summed E-state index contributed by atoms with van der Waals surface area (Å²) in [6, 6.07) is 57.0. The minimum absolute atomic E-state index is 1.06. The van der Waals surface area contributed by atoms with Crippen LogP contribution in [0.3, 0.4) is 0 Å². The van der Waals surface area contributed by atoms with Crippen LogP contribution in [-0.4, -0.2) is 8.80 Å². The number of fused-ring (bicyclic) bond motifs is 9. The third-order valence-corrected chi connectivity index (χ3v) is 15.7. The summed E-state index contributed by atoms with van der Waals surface area (Å²) in [4.78, 5) is 0. The van der Waals surface area contributed by atoms with Crippen molar-refractivity contribution >= 4 is 86.6 Å². The summed E-state index contributed by atoms with van der Waals surface area (Å²) < 4.78 is 0. The molecule has 0 amide bonds. The fourth-order valence-electron chi connectivity index (χ4n) is 9.94. The van der Waals surface area contributed by atoms with Crippen LogP contribution in [0.25, 0.3) is 101 Å². The first-order chi connectivity index (χ1) is 28.0. The van der Waals surface area contributed by atoms with Gasteiger partial charge in [-0.15, -0.1) is 0 Å². The molecule has 0 radical (unpaired) electrons. The van der Waals surface area contributed by atoms with Crippen LogP contribution in [0.2, 0.25) is 6.55 Å². The maximum Gasteiger partial charge on any atom is 0.101 e. The molecule has 0 nitrogen and oxygen atoms in total. The second-order valence-electron chi connectivity index (χ2n) is 16.1. The van der Waals surface area contributed by atoms with Gasteiger partial charge in [0.25, 0.3) is 0 Å². The van der Waals surface area contributed by atoms with E-state index in [1.54, 1.807) is 5.19 Å². The molecule has 2 aliphatic rings. The van der Waals surface area contributed by atoms with E-state index < -0.39 is 8.80 Å². The maximum absolute atomic E-state index is 5.04. The van der Waals surface area contributed by atoms with Crippen molar-refractivity contribution in [3.8, 4) is 33.4 Å². The first-order valence-electron chi connectivity index (χ1n) is 20.3. The molecule has 1 unspecified atom stereocenters. The van der Waals surface area contributed by atoms with Gasteiger partial charge in [-0.05, 0) is 152 Å². The summed E-state index contributed by atoms with van der Waals surface area (Å²) in [5, 5.41) is 15.5. The third-order valence-electron chi connectivity index (χ3n) is 12.8. The molecule has 1 heterocycles. The Balaban J connectivity index is 1.26. The van der Waals surface area contributed by atoms with Crippen molar-refractivity contribution < 1.29 is 0 Å². The van der Waals surface area contributed by atoms with Crippen molar-refractivity contribution in [2.24, 2.45) is 0 Å². The van der Waals surface area contributed by atoms with Crippen LogP contribution in [0.4, 0.5) is 0 Å². The molecule has 1 atom stereocenters. The molecule has 0 fully saturated rings. The predicted molar refractivity (Wildman–Crippen MR) is 252 cm³/mol. The molecule has 1 heteroatoms. The molecule has 0 saturated heterocycles. The summed E-state index contributed by atoms with van der Waals surface area (Å²) >= 11 is 0. The number of rotatable bonds is 4. The zero-order chi connectivity index (χ0) is 38.2. The van der Waals surface area contributed by atoms with Gasteiger partial charge >= 0.3 is 0 Å². The number of allylic oxidation sites excluding steroid dienone is 3. The van der Waals surface area contributed by atoms with Crippen LogP contribution in [0.5, 0.6) is 0 Å². The first kappa shape index (κ1) is 33.8. The molecule has 0 N–H and O–H groups in total. The minimum atomic E-state index is -1.39. The zero-order valence-corrected chi connectivity index (χ0v) is 33.6. The summed E-state index contributed by atoms with van der Waals surface area (Å²) in [5.41, 5.74) is 13.0. The fraction of sp³-hybridized carbons (Fsp3) is 0.0714. The van der Waals surface area contributed by atoms with E-state index in [4.69, 9.17) is 6.58 Å². The largest absolute Gasteiger partial charge is 0.101 e. The van der Waals surface area contributed by atoms with E-state index in [1.807, 2.05) is 0 Å². The van der Waals surface area contributed by atoms with Crippen LogP contribution < -0.4 is 20.8 Å². The van der Waals surface area contributed by atoms with Crippen molar-refractivity contribution in [3.05, 3.63) is 191 Å². The van der Waals surface area contributed by atoms with Crippen molar-refractivity contribution in [1.82, 2.24) is 0 Å². The van der Waals surface area contributed by atoms with E-state index >= 15 is 0 Å². The highest BCUT2D eigenvalue weighted by atomic mass is 28.3. The number of aryl methyl sites for hydroxylation is 1. The Kier molecular flexibility index (Phi) is 7.88. The lowest BCUT2D eigenvalue weighted by atomic mass is 9.85. The zero-order valence-electron chi connectivity index (χ0n) is 32.4. The molecular formula is C56H42Si. The van der Waals surface area contributed by atoms with Crippen molar-refractivity contribution in [1.29, 1.82) is 0 Å². The first-order valence-corrected chi connectivity index (χ1v) is 22.6. The fourth-order valence-corrected chi connectivity index (χ4v) is 12.5. The average Bonchev–Trinajstić information content (AvgIpc) is 3.54. The molecule has 9 aromatic carbocycles. The standard InChI is InChI=1S/C56H42Si/c1-35(49-32-41-18-8-9-19-45(41)46-20-10-11-21-47(46)49)24-29-44-36(2)55(42-27-25-37-14-4-6-16-39(37)30-42)52-34-54-50(48-22-12-13-23-53(48)57(54)3)33-51(52)56(44)43-28-26-38-15-5-7-17-40(38)31-43/h4-5,7-15,17-34,57H,2,6,16H2,1,3H3/b35-24+,44-29+. The Labute approximate surface area is 335 Å². The molecule has 0 aromatic heterocycles. The molecule has 0 spiro atoms. The van der Waals surface area contributed by atoms with Crippen molar-refractivity contribution in [3.63, 3.8) is 0 Å². The smallest absolute Gasteiger partial charge is 0.0905 e. The van der Waals surface area contributed by atoms with Gasteiger partial charge in [-0.3, -0.25) is 0 Å². The van der Waals surface area contributed by atoms with E-state index in [9.17, 15) is 0 Å². The minimum Gasteiger partial charge on any atom is -0.0905 e. The van der Waals surface area contributed by atoms with Gasteiger partial charge in [-0.1, -0.05) is 176 Å². The third kappa shape index (κ3) is 5.41. The van der Waals surface area contributed by atoms with E-state index in [0.29, 0.717) is 0 Å². The number of hydrogen-bond acceptors (Lipinski definition) is 0. The monoisotopic (exact) mass is 742 g/mol. The van der Waals surface area contributed by atoms with E-state index in [0.717, 1.165) is 18.1 Å². The van der Waals surface area contributed by atoms with Gasteiger partial charge in [-0.2, -0.15) is 0 Å². The van der Waals surface area contributed by atoms with Crippen LogP contribution in [0.15, 0.2) is 164 Å². The lowest BCUT2D eigenvalue weighted by molar-refractivity contribution is 0.986. The van der Waals surface area contributed by atoms with Crippen molar-refractivity contribution in [2.45, 2.75) is 26.3 Å². The second-order valence-corrected chi connectivity index (χ2v) is 18.7. The molecule has 1 aliphatic carbocycles. The predicted octanol–water partition coefficient (Wildman–Crippen LogP) is 11.8. The van der Waals surface area contributed by atoms with Gasteiger partial charge in [-0.25, -0.2) is 0 Å². The molecule has 57 heavy (non-hydrogen) atoms. The number of hydrogen-bond donors (Lipinski definition) is 0. The van der Waals surface area contributed by atoms with Gasteiger partial charge in [0.15, 0.2) is 0 Å². The molecule has 0 saturated carbocycles. The summed E-state index contributed by atoms with van der Waals surface area (Å²) in [7, 11) is -1.39. The van der Waals surface area contributed by atoms with Crippen LogP contribution >= 0.6 is 0 Å². The molecule has 1 aliphatic heterocycles. The van der Waals surface area contributed by atoms with Gasteiger partial charge in [0, 0.05) is 0 Å². The second kappa shape index (κ2) is 13.3. The molecule has 9 aromatic rings. The normalized spacial score (nSPS) is 15.1. The van der Waals surface area contributed by atoms with Crippen LogP contribution in [0, 0.1) is 0 Å². The van der Waals surface area contributed by atoms with Gasteiger partial charge in [0.2, 0.25) is 0 Å². The van der Waals surface area contributed by atoms with E-state index in [-0.39, 0.29) is 0 Å². The van der Waals surface area contributed by atoms with Crippen LogP contribution in [0.1, 0.15) is 30.0 Å². The Bertz CT molecular complexity index is 3340. The Morgan fingerprint density at radius 3 is 2.16 bits per heavy atom. The lowest BCUT2D eigenvalue weighted by Gasteiger charge is -2.19. The van der Waals surface area contributed by atoms with Gasteiger partial charge in [0.1, 0.15) is 8.80 Å². The quantitative estimate of drug-likeness (QED) is 0.124. The maximum atomic E-state index is 5.04. The summed E-state index contributed by atoms with van der Waals surface area (Å²) in [5.74, 6) is 0. The average molecular weight is 743 g/mol.